The maximum absolute atomic E-state index is 13.0. The summed E-state index contributed by atoms with van der Waals surface area (Å²) in [5.74, 6) is -0.0213. The van der Waals surface area contributed by atoms with Gasteiger partial charge in [-0.05, 0) is 43.9 Å². The zero-order valence-corrected chi connectivity index (χ0v) is 19.5. The Hall–Kier alpha value is -0.530. The van der Waals surface area contributed by atoms with Crippen LogP contribution in [-0.2, 0) is 9.53 Å². The van der Waals surface area contributed by atoms with Crippen molar-refractivity contribution >= 4 is 5.97 Å². The van der Waals surface area contributed by atoms with E-state index in [0.29, 0.717) is 0 Å². The number of hydrogen-bond donors (Lipinski definition) is 0. The molecule has 0 spiro atoms. The fraction of sp³-hybridized carbons (Fsp3) is 0.958. The monoisotopic (exact) mass is 368 g/mol. The third kappa shape index (κ3) is 9.97. The Bertz CT molecular complexity index is 386. The van der Waals surface area contributed by atoms with E-state index < -0.39 is 5.41 Å². The Kier molecular flexibility index (Phi) is 11.1. The standard InChI is InChI=1S/C24H48O2/c1-10-11-12-13-14-15-16-17-18-20(2)26-21(25)24(9,23(6,7)8)19-22(3,4)5/h20H,10-19H2,1-9H3. The van der Waals surface area contributed by atoms with Crippen LogP contribution in [0.5, 0.6) is 0 Å². The van der Waals surface area contributed by atoms with Crippen LogP contribution >= 0.6 is 0 Å². The molecule has 2 unspecified atom stereocenters. The van der Waals surface area contributed by atoms with Crippen LogP contribution in [0.4, 0.5) is 0 Å². The first kappa shape index (κ1) is 25.5. The minimum atomic E-state index is -0.460. The summed E-state index contributed by atoms with van der Waals surface area (Å²) in [6.07, 6.45) is 12.3. The summed E-state index contributed by atoms with van der Waals surface area (Å²) in [6.45, 7) is 19.5. The van der Waals surface area contributed by atoms with Gasteiger partial charge in [-0.3, -0.25) is 4.79 Å². The molecule has 0 aliphatic rings. The fourth-order valence-electron chi connectivity index (χ4n) is 3.64. The van der Waals surface area contributed by atoms with Crippen molar-refractivity contribution < 1.29 is 9.53 Å². The van der Waals surface area contributed by atoms with Crippen molar-refractivity contribution in [3.05, 3.63) is 0 Å². The van der Waals surface area contributed by atoms with Gasteiger partial charge in [-0.2, -0.15) is 0 Å². The van der Waals surface area contributed by atoms with Crippen LogP contribution in [0.15, 0.2) is 0 Å². The molecule has 0 rings (SSSR count). The Labute approximate surface area is 164 Å². The summed E-state index contributed by atoms with van der Waals surface area (Å²) in [4.78, 5) is 13.0. The number of carbonyl (C=O) groups excluding carboxylic acids is 1. The van der Waals surface area contributed by atoms with Gasteiger partial charge in [0.25, 0.3) is 0 Å². The molecule has 0 heterocycles. The minimum absolute atomic E-state index is 0.0178. The highest BCUT2D eigenvalue weighted by Gasteiger charge is 2.48. The topological polar surface area (TPSA) is 26.3 Å². The first-order valence-corrected chi connectivity index (χ1v) is 11.0. The zero-order valence-electron chi connectivity index (χ0n) is 19.5. The summed E-state index contributed by atoms with van der Waals surface area (Å²) < 4.78 is 5.91. The molecule has 0 fully saturated rings. The van der Waals surface area contributed by atoms with Crippen molar-refractivity contribution in [2.75, 3.05) is 0 Å². The molecule has 0 bridgehead atoms. The smallest absolute Gasteiger partial charge is 0.312 e. The molecule has 0 saturated carbocycles. The van der Waals surface area contributed by atoms with E-state index in [1.807, 2.05) is 0 Å². The maximum atomic E-state index is 13.0. The van der Waals surface area contributed by atoms with Crippen LogP contribution in [0.1, 0.15) is 127 Å². The molecule has 2 nitrogen and oxygen atoms in total. The Balaban J connectivity index is 4.36. The van der Waals surface area contributed by atoms with Crippen LogP contribution in [0.25, 0.3) is 0 Å². The average Bonchev–Trinajstić information content (AvgIpc) is 2.47. The molecule has 0 aliphatic heterocycles. The Morgan fingerprint density at radius 3 is 1.69 bits per heavy atom. The van der Waals surface area contributed by atoms with Gasteiger partial charge in [0.2, 0.25) is 0 Å². The number of hydrogen-bond acceptors (Lipinski definition) is 2. The first-order valence-electron chi connectivity index (χ1n) is 11.0. The molecular formula is C24H48O2. The Morgan fingerprint density at radius 1 is 0.808 bits per heavy atom. The molecule has 156 valence electrons. The van der Waals surface area contributed by atoms with Crippen molar-refractivity contribution in [1.29, 1.82) is 0 Å². The van der Waals surface area contributed by atoms with Gasteiger partial charge in [-0.15, -0.1) is 0 Å². The lowest BCUT2D eigenvalue weighted by Gasteiger charge is -2.43. The molecule has 26 heavy (non-hydrogen) atoms. The largest absolute Gasteiger partial charge is 0.462 e. The number of esters is 1. The van der Waals surface area contributed by atoms with E-state index in [1.54, 1.807) is 0 Å². The molecule has 0 aromatic carbocycles. The summed E-state index contributed by atoms with van der Waals surface area (Å²) in [5, 5.41) is 0. The van der Waals surface area contributed by atoms with Gasteiger partial charge < -0.3 is 4.74 Å². The second-order valence-corrected chi connectivity index (χ2v) is 10.8. The van der Waals surface area contributed by atoms with E-state index >= 15 is 0 Å². The SMILES string of the molecule is CCCCCCCCCCC(C)OC(=O)C(C)(CC(C)(C)C)C(C)(C)C. The number of carbonyl (C=O) groups is 1. The van der Waals surface area contributed by atoms with Gasteiger partial charge in [0.1, 0.15) is 0 Å². The van der Waals surface area contributed by atoms with Crippen molar-refractivity contribution in [1.82, 2.24) is 0 Å². The highest BCUT2D eigenvalue weighted by Crippen LogP contribution is 2.47. The van der Waals surface area contributed by atoms with Gasteiger partial charge in [-0.1, -0.05) is 93.4 Å². The van der Waals surface area contributed by atoms with Crippen molar-refractivity contribution in [2.24, 2.45) is 16.2 Å². The van der Waals surface area contributed by atoms with Gasteiger partial charge in [0, 0.05) is 0 Å². The van der Waals surface area contributed by atoms with Gasteiger partial charge >= 0.3 is 5.97 Å². The number of unbranched alkanes of at least 4 members (excludes halogenated alkanes) is 7. The van der Waals surface area contributed by atoms with E-state index in [4.69, 9.17) is 4.74 Å². The quantitative estimate of drug-likeness (QED) is 0.258. The van der Waals surface area contributed by atoms with E-state index in [2.05, 4.69) is 62.3 Å². The lowest BCUT2D eigenvalue weighted by molar-refractivity contribution is -0.170. The molecule has 0 saturated heterocycles. The molecule has 0 N–H and O–H groups in total. The molecule has 0 radical (unpaired) electrons. The van der Waals surface area contributed by atoms with E-state index in [9.17, 15) is 4.79 Å². The highest BCUT2D eigenvalue weighted by molar-refractivity contribution is 5.77. The van der Waals surface area contributed by atoms with E-state index in [0.717, 1.165) is 19.3 Å². The summed E-state index contributed by atoms with van der Waals surface area (Å²) in [6, 6.07) is 0. The molecule has 2 heteroatoms. The lowest BCUT2D eigenvalue weighted by Crippen LogP contribution is -2.45. The van der Waals surface area contributed by atoms with Crippen LogP contribution in [0.3, 0.4) is 0 Å². The number of ether oxygens (including phenoxy) is 1. The third-order valence-corrected chi connectivity index (χ3v) is 5.76. The van der Waals surface area contributed by atoms with Gasteiger partial charge in [0.05, 0.1) is 11.5 Å². The normalized spacial score (nSPS) is 16.2. The Morgan fingerprint density at radius 2 is 1.27 bits per heavy atom. The highest BCUT2D eigenvalue weighted by atomic mass is 16.5. The van der Waals surface area contributed by atoms with Gasteiger partial charge in [-0.25, -0.2) is 0 Å². The second-order valence-electron chi connectivity index (χ2n) is 10.8. The maximum Gasteiger partial charge on any atom is 0.312 e. The lowest BCUT2D eigenvalue weighted by atomic mass is 9.61. The third-order valence-electron chi connectivity index (χ3n) is 5.76. The van der Waals surface area contributed by atoms with Crippen molar-refractivity contribution in [2.45, 2.75) is 133 Å². The molecule has 0 aromatic rings. The summed E-state index contributed by atoms with van der Waals surface area (Å²) in [7, 11) is 0. The van der Waals surface area contributed by atoms with Crippen LogP contribution in [0.2, 0.25) is 0 Å². The van der Waals surface area contributed by atoms with Crippen LogP contribution in [-0.4, -0.2) is 12.1 Å². The average molecular weight is 369 g/mol. The van der Waals surface area contributed by atoms with Crippen LogP contribution < -0.4 is 0 Å². The molecule has 0 amide bonds. The predicted molar refractivity (Wildman–Crippen MR) is 114 cm³/mol. The second kappa shape index (κ2) is 11.3. The minimum Gasteiger partial charge on any atom is -0.462 e. The zero-order chi connectivity index (χ0) is 20.4. The van der Waals surface area contributed by atoms with Crippen molar-refractivity contribution in [3.63, 3.8) is 0 Å². The molecule has 2 atom stereocenters. The summed E-state index contributed by atoms with van der Waals surface area (Å²) >= 11 is 0. The van der Waals surface area contributed by atoms with E-state index in [1.165, 1.54) is 44.9 Å². The fourth-order valence-corrected chi connectivity index (χ4v) is 3.64. The van der Waals surface area contributed by atoms with Gasteiger partial charge in [0.15, 0.2) is 0 Å². The summed E-state index contributed by atoms with van der Waals surface area (Å²) in [5.41, 5.74) is -0.476. The van der Waals surface area contributed by atoms with Crippen LogP contribution in [0, 0.1) is 16.2 Å². The predicted octanol–water partition coefficient (Wildman–Crippen LogP) is 7.94. The molecule has 0 aliphatic carbocycles. The van der Waals surface area contributed by atoms with Crippen molar-refractivity contribution in [3.8, 4) is 0 Å². The van der Waals surface area contributed by atoms with E-state index in [-0.39, 0.29) is 22.9 Å². The molecule has 0 aromatic heterocycles. The molecular weight excluding hydrogens is 320 g/mol. The number of rotatable bonds is 12. The first-order chi connectivity index (χ1) is 11.8.